The summed E-state index contributed by atoms with van der Waals surface area (Å²) in [5.41, 5.74) is 1.27. The van der Waals surface area contributed by atoms with Crippen LogP contribution in [0, 0.1) is 11.8 Å². The SMILES string of the molecule is CCCCCCCCCCCC(=O)Nc1ccc(N2C(=O)[C@@H]3C[C@@H](Br)[C@@H](Br)C[C@H]3C2=O)cc1. The molecule has 1 N–H and O–H groups in total. The molecule has 0 radical (unpaired) electrons. The van der Waals surface area contributed by atoms with E-state index in [0.29, 0.717) is 30.6 Å². The van der Waals surface area contributed by atoms with Gasteiger partial charge in [-0.25, -0.2) is 0 Å². The predicted octanol–water partition coefficient (Wildman–Crippen LogP) is 6.97. The maximum Gasteiger partial charge on any atom is 0.237 e. The Hall–Kier alpha value is -1.21. The minimum absolute atomic E-state index is 0.0109. The number of imide groups is 1. The van der Waals surface area contributed by atoms with Crippen LogP contribution in [0.25, 0.3) is 0 Å². The number of nitrogens with one attached hydrogen (secondary N) is 1. The van der Waals surface area contributed by atoms with E-state index in [1.165, 1.54) is 49.8 Å². The molecule has 0 bridgehead atoms. The summed E-state index contributed by atoms with van der Waals surface area (Å²) in [6.07, 6.45) is 12.9. The summed E-state index contributed by atoms with van der Waals surface area (Å²) in [5, 5.41) is 2.93. The van der Waals surface area contributed by atoms with Gasteiger partial charge in [-0.2, -0.15) is 0 Å². The molecule has 1 aliphatic carbocycles. The first-order valence-corrected chi connectivity index (χ1v) is 14.3. The van der Waals surface area contributed by atoms with Crippen molar-refractivity contribution in [2.24, 2.45) is 11.8 Å². The van der Waals surface area contributed by atoms with Crippen molar-refractivity contribution in [3.8, 4) is 0 Å². The van der Waals surface area contributed by atoms with Gasteiger partial charge in [0.05, 0.1) is 17.5 Å². The fourth-order valence-corrected chi connectivity index (χ4v) is 6.10. The molecule has 2 fully saturated rings. The minimum Gasteiger partial charge on any atom is -0.326 e. The molecule has 1 aromatic carbocycles. The first-order valence-electron chi connectivity index (χ1n) is 12.5. The Morgan fingerprint density at radius 2 is 1.33 bits per heavy atom. The highest BCUT2D eigenvalue weighted by molar-refractivity contribution is 9.12. The quantitative estimate of drug-likeness (QED) is 0.164. The molecule has 4 atom stereocenters. The second kappa shape index (κ2) is 13.0. The van der Waals surface area contributed by atoms with Crippen molar-refractivity contribution in [3.05, 3.63) is 24.3 Å². The third-order valence-corrected chi connectivity index (χ3v) is 9.56. The zero-order valence-corrected chi connectivity index (χ0v) is 22.7. The smallest absolute Gasteiger partial charge is 0.237 e. The molecule has 1 saturated carbocycles. The molecule has 1 heterocycles. The number of fused-ring (bicyclic) bond motifs is 1. The number of alkyl halides is 2. The minimum atomic E-state index is -0.258. The fourth-order valence-electron chi connectivity index (χ4n) is 4.86. The van der Waals surface area contributed by atoms with Crippen LogP contribution in [0.5, 0.6) is 0 Å². The maximum absolute atomic E-state index is 12.9. The van der Waals surface area contributed by atoms with Crippen LogP contribution < -0.4 is 10.2 Å². The number of hydrogen-bond donors (Lipinski definition) is 1. The number of hydrogen-bond acceptors (Lipinski definition) is 3. The van der Waals surface area contributed by atoms with E-state index in [9.17, 15) is 14.4 Å². The lowest BCUT2D eigenvalue weighted by Gasteiger charge is -2.29. The van der Waals surface area contributed by atoms with Gasteiger partial charge in [0.2, 0.25) is 17.7 Å². The molecule has 3 amide bonds. The van der Waals surface area contributed by atoms with Crippen molar-refractivity contribution in [2.75, 3.05) is 10.2 Å². The lowest BCUT2D eigenvalue weighted by Crippen LogP contribution is -2.34. The third-order valence-electron chi connectivity index (χ3n) is 6.83. The van der Waals surface area contributed by atoms with Crippen LogP contribution in [0.2, 0.25) is 0 Å². The Morgan fingerprint density at radius 1 is 0.848 bits per heavy atom. The van der Waals surface area contributed by atoms with Gasteiger partial charge in [0, 0.05) is 21.8 Å². The van der Waals surface area contributed by atoms with Gasteiger partial charge in [0.25, 0.3) is 0 Å². The van der Waals surface area contributed by atoms with Crippen LogP contribution in [-0.2, 0) is 14.4 Å². The second-order valence-corrected chi connectivity index (χ2v) is 11.8. The van der Waals surface area contributed by atoms with Gasteiger partial charge in [0.15, 0.2) is 0 Å². The molecule has 33 heavy (non-hydrogen) atoms. The van der Waals surface area contributed by atoms with E-state index in [-0.39, 0.29) is 39.2 Å². The van der Waals surface area contributed by atoms with Crippen LogP contribution >= 0.6 is 31.9 Å². The first kappa shape index (κ1) is 26.4. The van der Waals surface area contributed by atoms with E-state index in [0.717, 1.165) is 12.8 Å². The van der Waals surface area contributed by atoms with Gasteiger partial charge in [-0.15, -0.1) is 0 Å². The molecule has 182 valence electrons. The molecular formula is C26H36Br2N2O3. The van der Waals surface area contributed by atoms with Crippen LogP contribution in [0.4, 0.5) is 11.4 Å². The van der Waals surface area contributed by atoms with E-state index in [1.54, 1.807) is 24.3 Å². The summed E-state index contributed by atoms with van der Waals surface area (Å²) in [6, 6.07) is 7.04. The Balaban J connectivity index is 1.42. The van der Waals surface area contributed by atoms with Crippen LogP contribution in [0.15, 0.2) is 24.3 Å². The van der Waals surface area contributed by atoms with E-state index < -0.39 is 0 Å². The molecule has 7 heteroatoms. The van der Waals surface area contributed by atoms with Crippen LogP contribution in [-0.4, -0.2) is 27.4 Å². The molecule has 0 spiro atoms. The molecule has 5 nitrogen and oxygen atoms in total. The van der Waals surface area contributed by atoms with E-state index >= 15 is 0 Å². The highest BCUT2D eigenvalue weighted by Gasteiger charge is 2.52. The zero-order valence-electron chi connectivity index (χ0n) is 19.5. The Bertz CT molecular complexity index is 786. The number of unbranched alkanes of at least 4 members (excludes halogenated alkanes) is 8. The van der Waals surface area contributed by atoms with Crippen molar-refractivity contribution in [2.45, 2.75) is 93.6 Å². The summed E-state index contributed by atoms with van der Waals surface area (Å²) >= 11 is 7.24. The molecule has 1 saturated heterocycles. The number of anilines is 2. The number of nitrogens with zero attached hydrogens (tertiary/aromatic N) is 1. The number of benzene rings is 1. The highest BCUT2D eigenvalue weighted by Crippen LogP contribution is 2.44. The fraction of sp³-hybridized carbons (Fsp3) is 0.654. The van der Waals surface area contributed by atoms with Gasteiger partial charge >= 0.3 is 0 Å². The molecule has 3 rings (SSSR count). The summed E-state index contributed by atoms with van der Waals surface area (Å²) in [6.45, 7) is 2.23. The van der Waals surface area contributed by atoms with Crippen molar-refractivity contribution in [1.29, 1.82) is 0 Å². The lowest BCUT2D eigenvalue weighted by atomic mass is 9.81. The summed E-state index contributed by atoms with van der Waals surface area (Å²) < 4.78 is 0. The van der Waals surface area contributed by atoms with Crippen molar-refractivity contribution in [3.63, 3.8) is 0 Å². The molecule has 1 aromatic rings. The first-order chi connectivity index (χ1) is 15.9. The average molecular weight is 584 g/mol. The highest BCUT2D eigenvalue weighted by atomic mass is 79.9. The number of halogens is 2. The van der Waals surface area contributed by atoms with Crippen LogP contribution in [0.1, 0.15) is 84.0 Å². The molecule has 0 unspecified atom stereocenters. The van der Waals surface area contributed by atoms with Crippen molar-refractivity contribution >= 4 is 61.0 Å². The summed E-state index contributed by atoms with van der Waals surface area (Å²) in [4.78, 5) is 39.8. The van der Waals surface area contributed by atoms with E-state index in [2.05, 4.69) is 44.1 Å². The standard InChI is InChI=1S/C26H36Br2N2O3/c1-2-3-4-5-6-7-8-9-10-11-24(31)29-18-12-14-19(15-13-18)30-25(32)20-16-22(27)23(28)17-21(20)26(30)33/h12-15,20-23H,2-11,16-17H2,1H3,(H,29,31)/t20-,21-,22-,23+/m1/s1. The van der Waals surface area contributed by atoms with E-state index in [1.807, 2.05) is 0 Å². The van der Waals surface area contributed by atoms with Gasteiger partial charge in [-0.05, 0) is 43.5 Å². The number of amides is 3. The van der Waals surface area contributed by atoms with Gasteiger partial charge in [-0.3, -0.25) is 19.3 Å². The van der Waals surface area contributed by atoms with Crippen molar-refractivity contribution in [1.82, 2.24) is 0 Å². The average Bonchev–Trinajstić information content (AvgIpc) is 3.03. The van der Waals surface area contributed by atoms with Crippen molar-refractivity contribution < 1.29 is 14.4 Å². The Morgan fingerprint density at radius 3 is 1.85 bits per heavy atom. The maximum atomic E-state index is 12.9. The van der Waals surface area contributed by atoms with Gasteiger partial charge < -0.3 is 5.32 Å². The monoisotopic (exact) mass is 582 g/mol. The number of carbonyl (C=O) groups is 3. The molecule has 0 aromatic heterocycles. The Labute approximate surface area is 214 Å². The number of carbonyl (C=O) groups excluding carboxylic acids is 3. The summed E-state index contributed by atoms with van der Waals surface area (Å²) in [7, 11) is 0. The number of rotatable bonds is 12. The lowest BCUT2D eigenvalue weighted by molar-refractivity contribution is -0.122. The van der Waals surface area contributed by atoms with Crippen LogP contribution in [0.3, 0.4) is 0 Å². The van der Waals surface area contributed by atoms with Gasteiger partial charge in [0.1, 0.15) is 0 Å². The predicted molar refractivity (Wildman–Crippen MR) is 141 cm³/mol. The summed E-state index contributed by atoms with van der Waals surface area (Å²) in [5.74, 6) is -0.735. The molecular weight excluding hydrogens is 548 g/mol. The third kappa shape index (κ3) is 7.14. The second-order valence-electron chi connectivity index (χ2n) is 9.40. The topological polar surface area (TPSA) is 66.5 Å². The Kier molecular flexibility index (Phi) is 10.4. The largest absolute Gasteiger partial charge is 0.326 e. The van der Waals surface area contributed by atoms with E-state index in [4.69, 9.17) is 0 Å². The molecule has 2 aliphatic rings. The normalized spacial score (nSPS) is 24.8. The zero-order chi connectivity index (χ0) is 23.8. The van der Waals surface area contributed by atoms with Gasteiger partial charge in [-0.1, -0.05) is 90.2 Å². The molecule has 1 aliphatic heterocycles.